The highest BCUT2D eigenvalue weighted by Crippen LogP contribution is 2.45. The van der Waals surface area contributed by atoms with E-state index in [9.17, 15) is 9.18 Å². The summed E-state index contributed by atoms with van der Waals surface area (Å²) in [5.74, 6) is 0.965. The average molecular weight is 388 g/mol. The Morgan fingerprint density at radius 2 is 2.07 bits per heavy atom. The van der Waals surface area contributed by atoms with Crippen LogP contribution in [0.1, 0.15) is 35.7 Å². The largest absolute Gasteiger partial charge is 0.381 e. The van der Waals surface area contributed by atoms with Crippen LogP contribution in [0.25, 0.3) is 33.5 Å². The SMILES string of the molecule is Cn1c(-c2cc3cccc4c3n2C(C2CCC2)CN4)nc2cc(C=O)cc(F)c21. The summed E-state index contributed by atoms with van der Waals surface area (Å²) in [7, 11) is 1.85. The first-order valence-corrected chi connectivity index (χ1v) is 10.1. The smallest absolute Gasteiger partial charge is 0.157 e. The van der Waals surface area contributed by atoms with Crippen LogP contribution < -0.4 is 5.32 Å². The van der Waals surface area contributed by atoms with Crippen molar-refractivity contribution in [3.8, 4) is 11.5 Å². The van der Waals surface area contributed by atoms with Crippen LogP contribution in [0, 0.1) is 11.7 Å². The summed E-state index contributed by atoms with van der Waals surface area (Å²) in [6.07, 6.45) is 4.44. The van der Waals surface area contributed by atoms with Gasteiger partial charge in [-0.2, -0.15) is 0 Å². The molecule has 1 saturated carbocycles. The zero-order valence-electron chi connectivity index (χ0n) is 16.2. The van der Waals surface area contributed by atoms with Gasteiger partial charge in [0.25, 0.3) is 0 Å². The second-order valence-electron chi connectivity index (χ2n) is 8.26. The van der Waals surface area contributed by atoms with E-state index in [1.165, 1.54) is 30.8 Å². The van der Waals surface area contributed by atoms with Crippen LogP contribution in [0.2, 0.25) is 0 Å². The third-order valence-electron chi connectivity index (χ3n) is 6.70. The molecule has 29 heavy (non-hydrogen) atoms. The molecule has 2 aromatic heterocycles. The fourth-order valence-corrected chi connectivity index (χ4v) is 5.07. The second-order valence-corrected chi connectivity index (χ2v) is 8.26. The lowest BCUT2D eigenvalue weighted by molar-refractivity contribution is 0.112. The normalized spacial score (nSPS) is 18.8. The second kappa shape index (κ2) is 5.92. The molecule has 0 amide bonds. The number of carbonyl (C=O) groups is 1. The number of rotatable bonds is 3. The highest BCUT2D eigenvalue weighted by molar-refractivity contribution is 5.97. The van der Waals surface area contributed by atoms with E-state index in [2.05, 4.69) is 34.1 Å². The molecule has 3 heterocycles. The molecule has 5 nitrogen and oxygen atoms in total. The summed E-state index contributed by atoms with van der Waals surface area (Å²) in [6.45, 7) is 0.895. The lowest BCUT2D eigenvalue weighted by Gasteiger charge is -2.39. The molecule has 4 aromatic rings. The van der Waals surface area contributed by atoms with Crippen molar-refractivity contribution < 1.29 is 9.18 Å². The number of fused-ring (bicyclic) bond motifs is 1. The Labute approximate surface area is 167 Å². The van der Waals surface area contributed by atoms with Crippen molar-refractivity contribution >= 4 is 33.9 Å². The first-order chi connectivity index (χ1) is 14.2. The van der Waals surface area contributed by atoms with Gasteiger partial charge in [0, 0.05) is 24.5 Å². The fourth-order valence-electron chi connectivity index (χ4n) is 5.07. The number of anilines is 1. The van der Waals surface area contributed by atoms with E-state index in [0.29, 0.717) is 34.8 Å². The number of nitrogens with one attached hydrogen (secondary N) is 1. The maximum Gasteiger partial charge on any atom is 0.157 e. The number of imidazole rings is 1. The maximum atomic E-state index is 14.7. The molecule has 0 saturated heterocycles. The van der Waals surface area contributed by atoms with Crippen molar-refractivity contribution in [1.82, 2.24) is 14.1 Å². The summed E-state index contributed by atoms with van der Waals surface area (Å²) in [5.41, 5.74) is 4.59. The lowest BCUT2D eigenvalue weighted by Crippen LogP contribution is -2.33. The van der Waals surface area contributed by atoms with Crippen molar-refractivity contribution in [2.75, 3.05) is 11.9 Å². The van der Waals surface area contributed by atoms with Crippen LogP contribution in [-0.4, -0.2) is 26.9 Å². The molecule has 0 radical (unpaired) electrons. The molecule has 146 valence electrons. The van der Waals surface area contributed by atoms with Gasteiger partial charge in [-0.05, 0) is 43.0 Å². The quantitative estimate of drug-likeness (QED) is 0.507. The molecule has 6 rings (SSSR count). The molecule has 0 bridgehead atoms. The van der Waals surface area contributed by atoms with Crippen molar-refractivity contribution in [3.63, 3.8) is 0 Å². The third kappa shape index (κ3) is 2.26. The zero-order chi connectivity index (χ0) is 19.7. The number of aromatic nitrogens is 3. The molecule has 1 aliphatic carbocycles. The topological polar surface area (TPSA) is 51.9 Å². The monoisotopic (exact) mass is 388 g/mol. The van der Waals surface area contributed by atoms with Gasteiger partial charge in [-0.25, -0.2) is 9.37 Å². The van der Waals surface area contributed by atoms with Crippen LogP contribution >= 0.6 is 0 Å². The van der Waals surface area contributed by atoms with Crippen LogP contribution in [0.3, 0.4) is 0 Å². The highest BCUT2D eigenvalue weighted by atomic mass is 19.1. The number of hydrogen-bond acceptors (Lipinski definition) is 3. The van der Waals surface area contributed by atoms with Gasteiger partial charge in [0.05, 0.1) is 28.5 Å². The zero-order valence-corrected chi connectivity index (χ0v) is 16.2. The van der Waals surface area contributed by atoms with Crippen molar-refractivity contribution in [2.24, 2.45) is 13.0 Å². The summed E-state index contributed by atoms with van der Waals surface area (Å²) < 4.78 is 19.0. The van der Waals surface area contributed by atoms with Crippen molar-refractivity contribution in [2.45, 2.75) is 25.3 Å². The minimum atomic E-state index is -0.418. The first-order valence-electron chi connectivity index (χ1n) is 10.1. The van der Waals surface area contributed by atoms with Crippen molar-refractivity contribution in [1.29, 1.82) is 0 Å². The fraction of sp³-hybridized carbons (Fsp3) is 0.304. The molecule has 1 N–H and O–H groups in total. The highest BCUT2D eigenvalue weighted by Gasteiger charge is 2.34. The molecule has 2 aromatic carbocycles. The van der Waals surface area contributed by atoms with E-state index in [0.717, 1.165) is 29.1 Å². The molecule has 1 atom stereocenters. The van der Waals surface area contributed by atoms with Crippen molar-refractivity contribution in [3.05, 3.63) is 47.8 Å². The predicted molar refractivity (Wildman–Crippen MR) is 112 cm³/mol. The molecule has 1 unspecified atom stereocenters. The van der Waals surface area contributed by atoms with Gasteiger partial charge in [0.15, 0.2) is 5.82 Å². The number of benzene rings is 2. The predicted octanol–water partition coefficient (Wildman–Crippen LogP) is 4.91. The van der Waals surface area contributed by atoms with Gasteiger partial charge in [-0.1, -0.05) is 18.6 Å². The standard InChI is InChI=1S/C23H21FN4O/c1-27-22-16(24)8-13(12-29)9-18(22)26-23(27)19-10-15-6-3-7-17-21(15)28(19)20(11-25-17)14-4-2-5-14/h3,6-10,12,14,20,25H,2,4-5,11H2,1H3. The van der Waals surface area contributed by atoms with Gasteiger partial charge < -0.3 is 14.5 Å². The molecule has 6 heteroatoms. The molecular formula is C23H21FN4O. The third-order valence-corrected chi connectivity index (χ3v) is 6.70. The lowest BCUT2D eigenvalue weighted by atomic mass is 9.79. The Kier molecular flexibility index (Phi) is 3.43. The van der Waals surface area contributed by atoms with Crippen LogP contribution in [0.4, 0.5) is 10.1 Å². The number of hydrogen-bond donors (Lipinski definition) is 1. The minimum Gasteiger partial charge on any atom is -0.381 e. The molecule has 1 aliphatic heterocycles. The molecule has 0 spiro atoms. The molecule has 1 fully saturated rings. The van der Waals surface area contributed by atoms with Gasteiger partial charge in [0.2, 0.25) is 0 Å². The number of nitrogens with zero attached hydrogens (tertiary/aromatic N) is 3. The van der Waals surface area contributed by atoms with E-state index in [1.807, 2.05) is 11.6 Å². The number of carbonyl (C=O) groups excluding carboxylic acids is 1. The van der Waals surface area contributed by atoms with E-state index < -0.39 is 5.82 Å². The van der Waals surface area contributed by atoms with Gasteiger partial charge >= 0.3 is 0 Å². The average Bonchev–Trinajstić information content (AvgIpc) is 3.22. The summed E-state index contributed by atoms with van der Waals surface area (Å²) in [6, 6.07) is 11.8. The Morgan fingerprint density at radius 1 is 1.21 bits per heavy atom. The van der Waals surface area contributed by atoms with E-state index >= 15 is 0 Å². The Bertz CT molecular complexity index is 1300. The number of aldehydes is 1. The van der Waals surface area contributed by atoms with E-state index in [4.69, 9.17) is 4.98 Å². The Balaban J connectivity index is 1.65. The van der Waals surface area contributed by atoms with E-state index in [-0.39, 0.29) is 0 Å². The van der Waals surface area contributed by atoms with Gasteiger partial charge in [0.1, 0.15) is 17.6 Å². The maximum absolute atomic E-state index is 14.7. The van der Waals surface area contributed by atoms with E-state index in [1.54, 1.807) is 6.07 Å². The summed E-state index contributed by atoms with van der Waals surface area (Å²) in [5, 5.41) is 4.77. The number of halogens is 1. The van der Waals surface area contributed by atoms with Gasteiger partial charge in [-0.3, -0.25) is 4.79 Å². The molecule has 2 aliphatic rings. The first kappa shape index (κ1) is 16.8. The number of aryl methyl sites for hydroxylation is 1. The summed E-state index contributed by atoms with van der Waals surface area (Å²) >= 11 is 0. The van der Waals surface area contributed by atoms with Crippen LogP contribution in [-0.2, 0) is 7.05 Å². The van der Waals surface area contributed by atoms with Gasteiger partial charge in [-0.15, -0.1) is 0 Å². The van der Waals surface area contributed by atoms with Crippen LogP contribution in [0.15, 0.2) is 36.4 Å². The Hall–Kier alpha value is -3.15. The minimum absolute atomic E-state index is 0.306. The van der Waals surface area contributed by atoms with Crippen LogP contribution in [0.5, 0.6) is 0 Å². The number of para-hydroxylation sites is 1. The summed E-state index contributed by atoms with van der Waals surface area (Å²) in [4.78, 5) is 15.9. The molecular weight excluding hydrogens is 367 g/mol. The Morgan fingerprint density at radius 3 is 2.83 bits per heavy atom.